The van der Waals surface area contributed by atoms with Gasteiger partial charge in [0.25, 0.3) is 0 Å². The van der Waals surface area contributed by atoms with Gasteiger partial charge in [-0.05, 0) is 36.7 Å². The van der Waals surface area contributed by atoms with Gasteiger partial charge >= 0.3 is 6.09 Å². The monoisotopic (exact) mass is 233 g/mol. The van der Waals surface area contributed by atoms with Crippen LogP contribution in [0, 0.1) is 0 Å². The van der Waals surface area contributed by atoms with Gasteiger partial charge in [0.15, 0.2) is 0 Å². The van der Waals surface area contributed by atoms with Gasteiger partial charge in [-0.1, -0.05) is 0 Å². The van der Waals surface area contributed by atoms with E-state index in [9.17, 15) is 4.79 Å². The molecular formula is C12H15N3O2. The average Bonchev–Trinajstić information content (AvgIpc) is 2.71. The van der Waals surface area contributed by atoms with Crippen LogP contribution in [-0.2, 0) is 6.42 Å². The van der Waals surface area contributed by atoms with Crippen molar-refractivity contribution in [2.45, 2.75) is 6.42 Å². The number of anilines is 1. The van der Waals surface area contributed by atoms with Gasteiger partial charge in [-0.25, -0.2) is 4.79 Å². The first kappa shape index (κ1) is 11.5. The lowest BCUT2D eigenvalue weighted by Crippen LogP contribution is -2.23. The Hall–Kier alpha value is -2.01. The largest absolute Gasteiger partial charge is 0.465 e. The van der Waals surface area contributed by atoms with Crippen molar-refractivity contribution in [3.63, 3.8) is 0 Å². The second-order valence-corrected chi connectivity index (χ2v) is 3.92. The van der Waals surface area contributed by atoms with E-state index in [1.165, 1.54) is 11.9 Å². The van der Waals surface area contributed by atoms with E-state index in [1.54, 1.807) is 6.07 Å². The van der Waals surface area contributed by atoms with E-state index in [0.717, 1.165) is 22.9 Å². The van der Waals surface area contributed by atoms with Crippen molar-refractivity contribution in [1.82, 2.24) is 4.98 Å². The van der Waals surface area contributed by atoms with E-state index in [2.05, 4.69) is 4.98 Å². The Bertz CT molecular complexity index is 548. The number of aromatic nitrogens is 1. The van der Waals surface area contributed by atoms with Gasteiger partial charge in [0.2, 0.25) is 0 Å². The number of H-pyrrole nitrogens is 1. The van der Waals surface area contributed by atoms with Crippen LogP contribution < -0.4 is 10.6 Å². The topological polar surface area (TPSA) is 82.4 Å². The van der Waals surface area contributed by atoms with Gasteiger partial charge < -0.3 is 15.8 Å². The molecule has 1 aromatic heterocycles. The minimum atomic E-state index is -0.972. The number of carbonyl (C=O) groups is 1. The Morgan fingerprint density at radius 3 is 2.94 bits per heavy atom. The molecule has 0 radical (unpaired) electrons. The van der Waals surface area contributed by atoms with Crippen molar-refractivity contribution in [3.8, 4) is 0 Å². The SMILES string of the molecule is CN(C(=O)O)c1ccc2[nH]cc(CCN)c2c1. The molecule has 17 heavy (non-hydrogen) atoms. The van der Waals surface area contributed by atoms with Crippen LogP contribution in [0.25, 0.3) is 10.9 Å². The normalized spacial score (nSPS) is 10.7. The van der Waals surface area contributed by atoms with Crippen molar-refractivity contribution in [1.29, 1.82) is 0 Å². The van der Waals surface area contributed by atoms with Crippen molar-refractivity contribution >= 4 is 22.7 Å². The number of rotatable bonds is 3. The molecule has 4 N–H and O–H groups in total. The van der Waals surface area contributed by atoms with Crippen LogP contribution >= 0.6 is 0 Å². The summed E-state index contributed by atoms with van der Waals surface area (Å²) in [5, 5.41) is 9.96. The lowest BCUT2D eigenvalue weighted by molar-refractivity contribution is 0.203. The Morgan fingerprint density at radius 1 is 1.53 bits per heavy atom. The van der Waals surface area contributed by atoms with Crippen LogP contribution in [0.2, 0.25) is 0 Å². The van der Waals surface area contributed by atoms with E-state index in [-0.39, 0.29) is 0 Å². The molecule has 2 aromatic rings. The summed E-state index contributed by atoms with van der Waals surface area (Å²) in [6, 6.07) is 5.52. The highest BCUT2D eigenvalue weighted by atomic mass is 16.4. The van der Waals surface area contributed by atoms with Crippen LogP contribution in [0.1, 0.15) is 5.56 Å². The second-order valence-electron chi connectivity index (χ2n) is 3.92. The van der Waals surface area contributed by atoms with Crippen molar-refractivity contribution in [2.24, 2.45) is 5.73 Å². The first-order chi connectivity index (χ1) is 8.13. The zero-order valence-corrected chi connectivity index (χ0v) is 9.60. The third-order valence-corrected chi connectivity index (χ3v) is 2.84. The molecule has 5 nitrogen and oxygen atoms in total. The predicted octanol–water partition coefficient (Wildman–Crippen LogP) is 1.78. The maximum absolute atomic E-state index is 10.9. The second kappa shape index (κ2) is 4.47. The van der Waals surface area contributed by atoms with E-state index in [1.807, 2.05) is 18.3 Å². The van der Waals surface area contributed by atoms with Gasteiger partial charge in [0, 0.05) is 29.8 Å². The summed E-state index contributed by atoms with van der Waals surface area (Å²) in [6.07, 6.45) is 1.72. The zero-order chi connectivity index (χ0) is 12.4. The minimum absolute atomic E-state index is 0.575. The molecule has 0 saturated carbocycles. The standard InChI is InChI=1S/C12H15N3O2/c1-15(12(16)17)9-2-3-11-10(6-9)8(4-5-13)7-14-11/h2-3,6-7,14H,4-5,13H2,1H3,(H,16,17). The third-order valence-electron chi connectivity index (χ3n) is 2.84. The highest BCUT2D eigenvalue weighted by Gasteiger charge is 2.10. The molecule has 90 valence electrons. The van der Waals surface area contributed by atoms with E-state index in [0.29, 0.717) is 12.2 Å². The van der Waals surface area contributed by atoms with Crippen molar-refractivity contribution < 1.29 is 9.90 Å². The van der Waals surface area contributed by atoms with E-state index >= 15 is 0 Å². The Balaban J connectivity index is 2.47. The molecule has 0 aliphatic rings. The van der Waals surface area contributed by atoms with Gasteiger partial charge in [-0.3, -0.25) is 4.90 Å². The van der Waals surface area contributed by atoms with Crippen LogP contribution in [0.5, 0.6) is 0 Å². The Morgan fingerprint density at radius 2 is 2.29 bits per heavy atom. The van der Waals surface area contributed by atoms with Gasteiger partial charge in [0.05, 0.1) is 0 Å². The van der Waals surface area contributed by atoms with Gasteiger partial charge in [-0.15, -0.1) is 0 Å². The molecule has 0 atom stereocenters. The van der Waals surface area contributed by atoms with Gasteiger partial charge in [0.1, 0.15) is 0 Å². The van der Waals surface area contributed by atoms with E-state index < -0.39 is 6.09 Å². The number of benzene rings is 1. The van der Waals surface area contributed by atoms with E-state index in [4.69, 9.17) is 10.8 Å². The molecule has 2 rings (SSSR count). The van der Waals surface area contributed by atoms with Crippen molar-refractivity contribution in [3.05, 3.63) is 30.0 Å². The molecule has 0 aliphatic heterocycles. The van der Waals surface area contributed by atoms with Crippen LogP contribution in [0.4, 0.5) is 10.5 Å². The lowest BCUT2D eigenvalue weighted by atomic mass is 10.1. The first-order valence-corrected chi connectivity index (χ1v) is 5.40. The molecule has 0 saturated heterocycles. The fraction of sp³-hybridized carbons (Fsp3) is 0.250. The van der Waals surface area contributed by atoms with Crippen LogP contribution in [0.3, 0.4) is 0 Å². The number of carboxylic acid groups (broad SMARTS) is 1. The summed E-state index contributed by atoms with van der Waals surface area (Å²) in [5.74, 6) is 0. The highest BCUT2D eigenvalue weighted by Crippen LogP contribution is 2.24. The maximum atomic E-state index is 10.9. The van der Waals surface area contributed by atoms with Gasteiger partial charge in [-0.2, -0.15) is 0 Å². The maximum Gasteiger partial charge on any atom is 0.411 e. The quantitative estimate of drug-likeness (QED) is 0.755. The molecule has 1 heterocycles. The fourth-order valence-electron chi connectivity index (χ4n) is 1.85. The molecule has 0 spiro atoms. The number of aromatic amines is 1. The number of hydrogen-bond donors (Lipinski definition) is 3. The summed E-state index contributed by atoms with van der Waals surface area (Å²) < 4.78 is 0. The number of amides is 1. The zero-order valence-electron chi connectivity index (χ0n) is 9.60. The summed E-state index contributed by atoms with van der Waals surface area (Å²) in [6.45, 7) is 0.575. The van der Waals surface area contributed by atoms with Crippen LogP contribution in [-0.4, -0.2) is 29.8 Å². The predicted molar refractivity (Wildman–Crippen MR) is 67.5 cm³/mol. The number of nitrogens with one attached hydrogen (secondary N) is 1. The molecule has 1 aromatic carbocycles. The van der Waals surface area contributed by atoms with Crippen LogP contribution in [0.15, 0.2) is 24.4 Å². The smallest absolute Gasteiger partial charge is 0.411 e. The minimum Gasteiger partial charge on any atom is -0.465 e. The van der Waals surface area contributed by atoms with Crippen molar-refractivity contribution in [2.75, 3.05) is 18.5 Å². The Kier molecular flexibility index (Phi) is 3.01. The first-order valence-electron chi connectivity index (χ1n) is 5.40. The lowest BCUT2D eigenvalue weighted by Gasteiger charge is -2.13. The summed E-state index contributed by atoms with van der Waals surface area (Å²) >= 11 is 0. The summed E-state index contributed by atoms with van der Waals surface area (Å²) in [4.78, 5) is 15.2. The summed E-state index contributed by atoms with van der Waals surface area (Å²) in [5.41, 5.74) is 8.30. The summed E-state index contributed by atoms with van der Waals surface area (Å²) in [7, 11) is 1.53. The average molecular weight is 233 g/mol. The number of nitrogens with zero attached hydrogens (tertiary/aromatic N) is 1. The molecule has 0 bridgehead atoms. The highest BCUT2D eigenvalue weighted by molar-refractivity contribution is 5.92. The Labute approximate surface area is 98.8 Å². The molecule has 0 aliphatic carbocycles. The number of hydrogen-bond acceptors (Lipinski definition) is 2. The molecule has 0 unspecified atom stereocenters. The number of fused-ring (bicyclic) bond motifs is 1. The fourth-order valence-corrected chi connectivity index (χ4v) is 1.85. The number of nitrogens with two attached hydrogens (primary N) is 1. The molecular weight excluding hydrogens is 218 g/mol. The molecule has 0 fully saturated rings. The molecule has 1 amide bonds. The molecule has 5 heteroatoms. The third kappa shape index (κ3) is 2.09.